The zero-order valence-electron chi connectivity index (χ0n) is 73.7. The first-order chi connectivity index (χ1) is 64.5. The molecular weight excluding hydrogens is 1700 g/mol. The van der Waals surface area contributed by atoms with Crippen LogP contribution in [0, 0.1) is 0 Å². The fourth-order valence-corrected chi connectivity index (χ4v) is 17.3. The molecule has 0 spiro atoms. The molecule has 0 unspecified atom stereocenters. The molecule has 6 aromatic carbocycles. The van der Waals surface area contributed by atoms with Gasteiger partial charge >= 0.3 is 0 Å². The molecule has 0 aliphatic carbocycles. The third-order valence-corrected chi connectivity index (χ3v) is 24.5. The van der Waals surface area contributed by atoms with Gasteiger partial charge in [0.05, 0.1) is 46.4 Å². The van der Waals surface area contributed by atoms with E-state index in [-0.39, 0.29) is 53.4 Å². The van der Waals surface area contributed by atoms with Crippen LogP contribution in [-0.2, 0) is 51.2 Å². The van der Waals surface area contributed by atoms with E-state index in [0.29, 0.717) is 103 Å². The molecular formula is C100H110ClF2N21O8. The highest BCUT2D eigenvalue weighted by Crippen LogP contribution is 2.36. The Hall–Kier alpha value is -13.7. The van der Waals surface area contributed by atoms with Crippen LogP contribution in [0.25, 0.3) is 5.65 Å². The maximum Gasteiger partial charge on any atom is 0.270 e. The number of anilines is 7. The third-order valence-electron chi connectivity index (χ3n) is 24.3. The summed E-state index contributed by atoms with van der Waals surface area (Å²) in [6.45, 7) is 20.2. The van der Waals surface area contributed by atoms with Crippen molar-refractivity contribution >= 4 is 81.1 Å². The Balaban J connectivity index is 0.000000123. The molecule has 8 aliphatic heterocycles. The molecule has 29 nitrogen and oxygen atoms in total. The molecule has 684 valence electrons. The third kappa shape index (κ3) is 24.1. The summed E-state index contributed by atoms with van der Waals surface area (Å²) in [5.41, 5.74) is 14.8. The molecule has 0 radical (unpaired) electrons. The highest BCUT2D eigenvalue weighted by Gasteiger charge is 2.31. The first kappa shape index (κ1) is 90.2. The maximum absolute atomic E-state index is 13.6. The Morgan fingerprint density at radius 2 is 0.765 bits per heavy atom. The van der Waals surface area contributed by atoms with Crippen molar-refractivity contribution in [2.24, 2.45) is 0 Å². The number of halogens is 3. The van der Waals surface area contributed by atoms with Crippen molar-refractivity contribution in [1.82, 2.24) is 71.9 Å². The normalized spacial score (nSPS) is 17.8. The van der Waals surface area contributed by atoms with Gasteiger partial charge in [0.15, 0.2) is 0 Å². The summed E-state index contributed by atoms with van der Waals surface area (Å²) in [5, 5.41) is 36.1. The first-order valence-corrected chi connectivity index (χ1v) is 45.6. The van der Waals surface area contributed by atoms with E-state index in [9.17, 15) is 28.0 Å². The van der Waals surface area contributed by atoms with Gasteiger partial charge in [-0.2, -0.15) is 0 Å². The monoisotopic (exact) mass is 1810 g/mol. The van der Waals surface area contributed by atoms with E-state index < -0.39 is 5.92 Å². The molecule has 4 atom stereocenters. The number of aromatic nitrogens is 6. The fraction of sp³-hybridized carbons (Fsp3) is 0.330. The second kappa shape index (κ2) is 43.3. The number of alkyl halides is 2. The minimum Gasteiger partial charge on any atom is -0.491 e. The lowest BCUT2D eigenvalue weighted by Crippen LogP contribution is -2.44. The highest BCUT2D eigenvalue weighted by atomic mass is 35.5. The molecule has 20 rings (SSSR count). The summed E-state index contributed by atoms with van der Waals surface area (Å²) in [6.07, 6.45) is 16.6. The van der Waals surface area contributed by atoms with E-state index in [0.717, 1.165) is 193 Å². The van der Waals surface area contributed by atoms with Crippen molar-refractivity contribution in [1.29, 1.82) is 0 Å². The minimum atomic E-state index is -2.89. The molecule has 4 fully saturated rings. The van der Waals surface area contributed by atoms with E-state index in [1.165, 1.54) is 41.1 Å². The van der Waals surface area contributed by atoms with Crippen LogP contribution in [0.15, 0.2) is 232 Å². The number of piperazine rings is 4. The second-order valence-corrected chi connectivity index (χ2v) is 34.3. The summed E-state index contributed by atoms with van der Waals surface area (Å²) in [7, 11) is 0. The number of rotatable bonds is 22. The van der Waals surface area contributed by atoms with E-state index in [4.69, 9.17) is 30.5 Å². The molecule has 0 saturated carbocycles. The van der Waals surface area contributed by atoms with Crippen molar-refractivity contribution in [2.75, 3.05) is 167 Å². The molecule has 0 bridgehead atoms. The van der Waals surface area contributed by atoms with Crippen molar-refractivity contribution in [3.8, 4) is 23.0 Å². The summed E-state index contributed by atoms with van der Waals surface area (Å²) >= 11 is 6.03. The van der Waals surface area contributed by atoms with Gasteiger partial charge in [-0.1, -0.05) is 72.3 Å². The van der Waals surface area contributed by atoms with Crippen LogP contribution < -0.4 is 97.0 Å². The lowest BCUT2D eigenvalue weighted by Gasteiger charge is -2.31. The second-order valence-electron chi connectivity index (χ2n) is 33.9. The molecule has 132 heavy (non-hydrogen) atoms. The topological polar surface area (TPSA) is 319 Å². The first-order valence-electron chi connectivity index (χ1n) is 45.2. The molecule has 11 N–H and O–H groups in total. The van der Waals surface area contributed by atoms with E-state index >= 15 is 0 Å². The summed E-state index contributed by atoms with van der Waals surface area (Å²) in [4.78, 5) is 81.9. The van der Waals surface area contributed by atoms with Crippen LogP contribution in [0.1, 0.15) is 92.9 Å². The van der Waals surface area contributed by atoms with Gasteiger partial charge in [0, 0.05) is 238 Å². The lowest BCUT2D eigenvalue weighted by molar-refractivity contribution is 0.0173. The molecule has 14 heterocycles. The smallest absolute Gasteiger partial charge is 0.270 e. The Kier molecular flexibility index (Phi) is 29.6. The Morgan fingerprint density at radius 1 is 0.394 bits per heavy atom. The summed E-state index contributed by atoms with van der Waals surface area (Å²) < 4.78 is 53.0. The molecule has 4 amide bonds. The Labute approximate surface area is 771 Å². The van der Waals surface area contributed by atoms with E-state index in [1.54, 1.807) is 67.3 Å². The van der Waals surface area contributed by atoms with Gasteiger partial charge in [-0.3, -0.25) is 24.2 Å². The Morgan fingerprint density at radius 3 is 1.13 bits per heavy atom. The molecule has 6 aromatic heterocycles. The molecule has 32 heteroatoms. The zero-order valence-corrected chi connectivity index (χ0v) is 74.5. The zero-order chi connectivity index (χ0) is 90.5. The van der Waals surface area contributed by atoms with Crippen molar-refractivity contribution in [3.63, 3.8) is 0 Å². The number of carbonyl (C=O) groups is 4. The summed E-state index contributed by atoms with van der Waals surface area (Å²) in [6, 6.07) is 57.2. The van der Waals surface area contributed by atoms with E-state index in [2.05, 4.69) is 176 Å². The van der Waals surface area contributed by atoms with Gasteiger partial charge in [-0.25, -0.2) is 28.7 Å². The number of nitrogens with zero attached hydrogens (tertiary/aromatic N) is 10. The number of ether oxygens (including phenoxy) is 4. The number of pyridine rings is 4. The largest absolute Gasteiger partial charge is 0.491 e. The van der Waals surface area contributed by atoms with Crippen molar-refractivity contribution in [2.45, 2.75) is 82.3 Å². The average molecular weight is 1810 g/mol. The molecule has 12 aromatic rings. The minimum absolute atomic E-state index is 0.0268. The lowest BCUT2D eigenvalue weighted by atomic mass is 10.0. The van der Waals surface area contributed by atoms with Crippen LogP contribution in [0.4, 0.5) is 49.0 Å². The van der Waals surface area contributed by atoms with Crippen molar-refractivity contribution < 1.29 is 46.9 Å². The van der Waals surface area contributed by atoms with Crippen LogP contribution in [-0.4, -0.2) is 208 Å². The Bertz CT molecular complexity index is 5920. The SMILES string of the molecule is CC(F)(F)c1cccc(CNc2ccc(C(=O)N[C@H]3COc4cc(N5CCNCC5)ccc4C3)cn2)c1.O=C(N[C@H]1COc2cc(N3CCNCC3)ccc2C1)c1ccc(NCc2cccc(Cl)c2)nc1.O=C(N[C@H]1COc2cc(N3CCNCC3)ccc2C1)c1ccc(NCc2cccnc2)nc1.O=C(N[C@H]1COc2cc(N3CCNCC3)ccc2C1)c1ccn2cccnc12. The van der Waals surface area contributed by atoms with Gasteiger partial charge < -0.3 is 101 Å². The van der Waals surface area contributed by atoms with Crippen molar-refractivity contribution in [3.05, 3.63) is 303 Å². The maximum atomic E-state index is 13.6. The fourth-order valence-electron chi connectivity index (χ4n) is 17.1. The highest BCUT2D eigenvalue weighted by molar-refractivity contribution is 6.30. The quantitative estimate of drug-likeness (QED) is 0.0300. The number of nitrogens with one attached hydrogen (secondary N) is 11. The number of amides is 4. The van der Waals surface area contributed by atoms with Crippen LogP contribution in [0.2, 0.25) is 5.02 Å². The van der Waals surface area contributed by atoms with Crippen LogP contribution >= 0.6 is 11.6 Å². The van der Waals surface area contributed by atoms with Crippen LogP contribution in [0.3, 0.4) is 0 Å². The molecule has 4 saturated heterocycles. The van der Waals surface area contributed by atoms with Gasteiger partial charge in [0.25, 0.3) is 29.6 Å². The van der Waals surface area contributed by atoms with Gasteiger partial charge in [-0.15, -0.1) is 0 Å². The van der Waals surface area contributed by atoms with Crippen LogP contribution in [0.5, 0.6) is 23.0 Å². The van der Waals surface area contributed by atoms with Gasteiger partial charge in [0.1, 0.15) is 72.5 Å². The average Bonchev–Trinajstić information content (AvgIpc) is 1.41. The van der Waals surface area contributed by atoms with E-state index in [1.807, 2.05) is 77.6 Å². The summed E-state index contributed by atoms with van der Waals surface area (Å²) in [5.74, 6) is 2.10. The predicted molar refractivity (Wildman–Crippen MR) is 509 cm³/mol. The van der Waals surface area contributed by atoms with Gasteiger partial charge in [0.2, 0.25) is 0 Å². The van der Waals surface area contributed by atoms with Gasteiger partial charge in [-0.05, 0) is 162 Å². The number of hydrogen-bond acceptors (Lipinski definition) is 24. The number of hydrogen-bond donors (Lipinski definition) is 11. The standard InChI is InChI=1S/C28H31F2N5O2.C26H28ClN5O2.C25H28N6O2.C21H23N5O2/c1-28(29,30)22-4-2-3-19(13-22)16-32-26-8-6-21(17-33-26)27(36)34-23-14-20-5-7-24(15-25(20)37-18-23)35-11-9-31-10-12-35;27-21-3-1-2-18(12-21)15-29-25-7-5-20(16-30-25)26(33)31-22-13-19-4-6-23(14-24(19)34-17-22)32-10-8-28-9-11-32;32-25(20-4-6-24(29-16-20)28-15-18-2-1-7-27-14-18)30-21-12-19-3-5-22(13-23(19)33-17-21)31-10-8-26-9-11-31;27-21(18-4-9-26-8-1-5-23-20(18)26)24-16-12-15-2-3-17(13-19(15)28-14-16)25-10-6-22-7-11-25/h2-8,13,15,17,23,31H,9-12,14,16,18H2,1H3,(H,32,33)(H,34,36);1-7,12,14,16,22,28H,8-11,13,15,17H2,(H,29,30)(H,31,33);1-7,13-14,16,21,26H,8-12,15,17H2,(H,28,29)(H,30,32);1-5,8-9,13,16,22H,6-7,10-12,14H2,(H,24,27)/t23-;22-;21-;16-/m1111/s1. The number of benzene rings is 6. The predicted octanol–water partition coefficient (Wildman–Crippen LogP) is 11.1. The molecule has 8 aliphatic rings. The number of fused-ring (bicyclic) bond motifs is 5. The number of carbonyl (C=O) groups excluding carboxylic acids is 4.